The van der Waals surface area contributed by atoms with E-state index >= 15 is 0 Å². The van der Waals surface area contributed by atoms with Crippen molar-refractivity contribution in [2.45, 2.75) is 25.9 Å². The van der Waals surface area contributed by atoms with Gasteiger partial charge >= 0.3 is 6.18 Å². The topological polar surface area (TPSA) is 26.0 Å². The maximum absolute atomic E-state index is 12.1. The SMILES string of the molecule is CC1=C(N)CCC(C(F)(F)F)=C1. The van der Waals surface area contributed by atoms with Crippen LogP contribution in [0.1, 0.15) is 19.8 Å². The fourth-order valence-electron chi connectivity index (χ4n) is 1.12. The Kier molecular flexibility index (Phi) is 2.17. The van der Waals surface area contributed by atoms with E-state index in [9.17, 15) is 13.2 Å². The maximum Gasteiger partial charge on any atom is 0.412 e. The molecule has 0 bridgehead atoms. The van der Waals surface area contributed by atoms with Crippen LogP contribution in [-0.2, 0) is 0 Å². The van der Waals surface area contributed by atoms with E-state index in [0.717, 1.165) is 6.08 Å². The van der Waals surface area contributed by atoms with E-state index in [4.69, 9.17) is 5.73 Å². The maximum atomic E-state index is 12.1. The Bertz CT molecular complexity index is 248. The van der Waals surface area contributed by atoms with Crippen molar-refractivity contribution < 1.29 is 13.2 Å². The molecule has 0 aromatic rings. The fraction of sp³-hybridized carbons (Fsp3) is 0.500. The van der Waals surface area contributed by atoms with Crippen LogP contribution in [0.25, 0.3) is 0 Å². The summed E-state index contributed by atoms with van der Waals surface area (Å²) in [5, 5.41) is 0. The summed E-state index contributed by atoms with van der Waals surface area (Å²) in [6.07, 6.45) is -2.75. The average Bonchev–Trinajstić information content (AvgIpc) is 1.92. The van der Waals surface area contributed by atoms with Crippen LogP contribution in [0.15, 0.2) is 22.9 Å². The van der Waals surface area contributed by atoms with Gasteiger partial charge in [0.15, 0.2) is 0 Å². The zero-order chi connectivity index (χ0) is 9.35. The highest BCUT2D eigenvalue weighted by Gasteiger charge is 2.34. The fourth-order valence-corrected chi connectivity index (χ4v) is 1.12. The minimum atomic E-state index is -4.19. The highest BCUT2D eigenvalue weighted by Crippen LogP contribution is 2.33. The van der Waals surface area contributed by atoms with E-state index in [2.05, 4.69) is 0 Å². The molecule has 0 saturated carbocycles. The van der Waals surface area contributed by atoms with Crippen LogP contribution in [-0.4, -0.2) is 6.18 Å². The third-order valence-electron chi connectivity index (χ3n) is 1.93. The number of hydrogen-bond donors (Lipinski definition) is 1. The Morgan fingerprint density at radius 2 is 1.92 bits per heavy atom. The van der Waals surface area contributed by atoms with Crippen molar-refractivity contribution >= 4 is 0 Å². The summed E-state index contributed by atoms with van der Waals surface area (Å²) in [7, 11) is 0. The zero-order valence-electron chi connectivity index (χ0n) is 6.70. The first-order chi connectivity index (χ1) is 5.41. The van der Waals surface area contributed by atoms with Gasteiger partial charge in [-0.1, -0.05) is 0 Å². The molecule has 0 saturated heterocycles. The molecule has 68 valence electrons. The highest BCUT2D eigenvalue weighted by molar-refractivity contribution is 5.32. The first-order valence-corrected chi connectivity index (χ1v) is 3.64. The van der Waals surface area contributed by atoms with Gasteiger partial charge in [0.2, 0.25) is 0 Å². The summed E-state index contributed by atoms with van der Waals surface area (Å²) in [6.45, 7) is 1.60. The van der Waals surface area contributed by atoms with E-state index in [1.165, 1.54) is 0 Å². The van der Waals surface area contributed by atoms with Gasteiger partial charge in [-0.05, 0) is 31.4 Å². The van der Waals surface area contributed by atoms with Crippen molar-refractivity contribution in [2.24, 2.45) is 5.73 Å². The third kappa shape index (κ3) is 1.81. The second kappa shape index (κ2) is 2.84. The van der Waals surface area contributed by atoms with Crippen molar-refractivity contribution in [1.29, 1.82) is 0 Å². The molecule has 0 atom stereocenters. The molecule has 0 unspecified atom stereocenters. The number of alkyl halides is 3. The molecule has 0 fully saturated rings. The van der Waals surface area contributed by atoms with Gasteiger partial charge in [0.1, 0.15) is 0 Å². The molecule has 1 aliphatic rings. The lowest BCUT2D eigenvalue weighted by Crippen LogP contribution is -2.16. The first-order valence-electron chi connectivity index (χ1n) is 3.64. The third-order valence-corrected chi connectivity index (χ3v) is 1.93. The summed E-state index contributed by atoms with van der Waals surface area (Å²) in [6, 6.07) is 0. The monoisotopic (exact) mass is 177 g/mol. The lowest BCUT2D eigenvalue weighted by molar-refractivity contribution is -0.0942. The molecule has 4 heteroatoms. The van der Waals surface area contributed by atoms with Crippen molar-refractivity contribution in [2.75, 3.05) is 0 Å². The Balaban J connectivity index is 2.91. The van der Waals surface area contributed by atoms with Crippen molar-refractivity contribution in [3.8, 4) is 0 Å². The summed E-state index contributed by atoms with van der Waals surface area (Å²) in [5.74, 6) is 0. The van der Waals surface area contributed by atoms with E-state index < -0.39 is 11.7 Å². The van der Waals surface area contributed by atoms with Gasteiger partial charge in [0.05, 0.1) is 0 Å². The highest BCUT2D eigenvalue weighted by atomic mass is 19.4. The van der Waals surface area contributed by atoms with Gasteiger partial charge in [-0.15, -0.1) is 0 Å². The van der Waals surface area contributed by atoms with Crippen LogP contribution >= 0.6 is 0 Å². The largest absolute Gasteiger partial charge is 0.412 e. The van der Waals surface area contributed by atoms with Crippen LogP contribution in [0.5, 0.6) is 0 Å². The average molecular weight is 177 g/mol. The molecule has 0 aliphatic heterocycles. The Hall–Kier alpha value is -0.930. The number of nitrogens with two attached hydrogens (primary N) is 1. The lowest BCUT2D eigenvalue weighted by Gasteiger charge is -2.17. The van der Waals surface area contributed by atoms with E-state index in [-0.39, 0.29) is 6.42 Å². The number of rotatable bonds is 0. The summed E-state index contributed by atoms with van der Waals surface area (Å²) < 4.78 is 36.3. The van der Waals surface area contributed by atoms with E-state index in [0.29, 0.717) is 17.7 Å². The molecular formula is C8H10F3N. The molecule has 1 rings (SSSR count). The molecule has 1 aliphatic carbocycles. The van der Waals surface area contributed by atoms with Crippen LogP contribution in [0.3, 0.4) is 0 Å². The zero-order valence-corrected chi connectivity index (χ0v) is 6.70. The Morgan fingerprint density at radius 3 is 2.33 bits per heavy atom. The van der Waals surface area contributed by atoms with Gasteiger partial charge in [0.25, 0.3) is 0 Å². The van der Waals surface area contributed by atoms with Crippen molar-refractivity contribution in [3.63, 3.8) is 0 Å². The molecule has 0 amide bonds. The van der Waals surface area contributed by atoms with E-state index in [1.54, 1.807) is 6.92 Å². The van der Waals surface area contributed by atoms with Crippen LogP contribution < -0.4 is 5.73 Å². The predicted molar refractivity (Wildman–Crippen MR) is 40.3 cm³/mol. The predicted octanol–water partition coefficient (Wildman–Crippen LogP) is 2.50. The number of allylic oxidation sites excluding steroid dienone is 4. The quantitative estimate of drug-likeness (QED) is 0.604. The summed E-state index contributed by atoms with van der Waals surface area (Å²) in [4.78, 5) is 0. The minimum Gasteiger partial charge on any atom is -0.402 e. The van der Waals surface area contributed by atoms with Crippen LogP contribution in [0.2, 0.25) is 0 Å². The number of hydrogen-bond acceptors (Lipinski definition) is 1. The van der Waals surface area contributed by atoms with Gasteiger partial charge in [-0.25, -0.2) is 0 Å². The summed E-state index contributed by atoms with van der Waals surface area (Å²) >= 11 is 0. The molecule has 2 N–H and O–H groups in total. The number of halogens is 3. The Labute approximate surface area is 68.7 Å². The molecule has 0 aromatic heterocycles. The van der Waals surface area contributed by atoms with Gasteiger partial charge in [0, 0.05) is 11.3 Å². The van der Waals surface area contributed by atoms with Gasteiger partial charge in [-0.2, -0.15) is 13.2 Å². The summed E-state index contributed by atoms with van der Waals surface area (Å²) in [5.41, 5.74) is 6.07. The van der Waals surface area contributed by atoms with Crippen LogP contribution in [0.4, 0.5) is 13.2 Å². The smallest absolute Gasteiger partial charge is 0.402 e. The first kappa shape index (κ1) is 9.16. The second-order valence-corrected chi connectivity index (χ2v) is 2.88. The van der Waals surface area contributed by atoms with Gasteiger partial charge < -0.3 is 5.73 Å². The molecule has 12 heavy (non-hydrogen) atoms. The minimum absolute atomic E-state index is 0.00662. The molecule has 0 radical (unpaired) electrons. The van der Waals surface area contributed by atoms with Crippen LogP contribution in [0, 0.1) is 0 Å². The molecule has 0 spiro atoms. The van der Waals surface area contributed by atoms with E-state index in [1.807, 2.05) is 0 Å². The second-order valence-electron chi connectivity index (χ2n) is 2.88. The standard InChI is InChI=1S/C8H10F3N/c1-5-4-6(8(9,10)11)2-3-7(5)12/h4H,2-3,12H2,1H3. The van der Waals surface area contributed by atoms with Gasteiger partial charge in [-0.3, -0.25) is 0 Å². The lowest BCUT2D eigenvalue weighted by atomic mass is 9.97. The molecule has 0 heterocycles. The molecule has 0 aromatic carbocycles. The Morgan fingerprint density at radius 1 is 1.33 bits per heavy atom. The molecule has 1 nitrogen and oxygen atoms in total. The molecular weight excluding hydrogens is 167 g/mol. The normalized spacial score (nSPS) is 19.5. The van der Waals surface area contributed by atoms with Crippen molar-refractivity contribution in [1.82, 2.24) is 0 Å². The van der Waals surface area contributed by atoms with Crippen molar-refractivity contribution in [3.05, 3.63) is 22.9 Å².